The number of para-hydroxylation sites is 2. The van der Waals surface area contributed by atoms with Gasteiger partial charge in [-0.15, -0.1) is 0 Å². The van der Waals surface area contributed by atoms with Crippen LogP contribution in [-0.2, 0) is 6.54 Å². The molecule has 5 heteroatoms. The Balaban J connectivity index is 1.91. The minimum Gasteiger partial charge on any atom is -0.319 e. The second-order valence-corrected chi connectivity index (χ2v) is 5.05. The SMILES string of the molecule is CC1CNCCN1Cc1nc2ccccc2[nH]c1=O. The van der Waals surface area contributed by atoms with E-state index in [0.717, 1.165) is 30.7 Å². The molecule has 2 aromatic rings. The smallest absolute Gasteiger partial charge is 0.271 e. The van der Waals surface area contributed by atoms with E-state index in [9.17, 15) is 4.79 Å². The molecule has 1 atom stereocenters. The van der Waals surface area contributed by atoms with Crippen LogP contribution in [-0.4, -0.2) is 40.5 Å². The standard InChI is InChI=1S/C14H18N4O/c1-10-8-15-6-7-18(10)9-13-14(19)17-12-5-3-2-4-11(12)16-13/h2-5,10,15H,6-9H2,1H3,(H,17,19). The van der Waals surface area contributed by atoms with Crippen molar-refractivity contribution in [3.63, 3.8) is 0 Å². The summed E-state index contributed by atoms with van der Waals surface area (Å²) in [4.78, 5) is 21.7. The third-order valence-corrected chi connectivity index (χ3v) is 3.66. The van der Waals surface area contributed by atoms with Gasteiger partial charge in [-0.1, -0.05) is 12.1 Å². The van der Waals surface area contributed by atoms with Gasteiger partial charge in [0, 0.05) is 32.2 Å². The number of fused-ring (bicyclic) bond motifs is 1. The molecular formula is C14H18N4O. The molecule has 2 N–H and O–H groups in total. The maximum absolute atomic E-state index is 12.1. The lowest BCUT2D eigenvalue weighted by Crippen LogP contribution is -2.49. The predicted molar refractivity (Wildman–Crippen MR) is 75.1 cm³/mol. The molecule has 1 unspecified atom stereocenters. The van der Waals surface area contributed by atoms with E-state index >= 15 is 0 Å². The summed E-state index contributed by atoms with van der Waals surface area (Å²) in [5.41, 5.74) is 2.17. The number of benzene rings is 1. The Morgan fingerprint density at radius 2 is 2.26 bits per heavy atom. The molecule has 100 valence electrons. The summed E-state index contributed by atoms with van der Waals surface area (Å²) in [5.74, 6) is 0. The molecule has 0 amide bonds. The van der Waals surface area contributed by atoms with Crippen LogP contribution >= 0.6 is 0 Å². The number of H-pyrrole nitrogens is 1. The number of aromatic amines is 1. The van der Waals surface area contributed by atoms with Crippen LogP contribution in [0.2, 0.25) is 0 Å². The summed E-state index contributed by atoms with van der Waals surface area (Å²) in [5, 5.41) is 3.35. The van der Waals surface area contributed by atoms with Crippen molar-refractivity contribution in [2.75, 3.05) is 19.6 Å². The van der Waals surface area contributed by atoms with Crippen LogP contribution in [0.4, 0.5) is 0 Å². The minimum atomic E-state index is -0.0792. The van der Waals surface area contributed by atoms with Crippen molar-refractivity contribution in [3.05, 3.63) is 40.3 Å². The second kappa shape index (κ2) is 5.11. The van der Waals surface area contributed by atoms with E-state index in [0.29, 0.717) is 18.3 Å². The van der Waals surface area contributed by atoms with Gasteiger partial charge in [0.05, 0.1) is 11.0 Å². The van der Waals surface area contributed by atoms with E-state index < -0.39 is 0 Å². The van der Waals surface area contributed by atoms with Crippen molar-refractivity contribution in [3.8, 4) is 0 Å². The lowest BCUT2D eigenvalue weighted by molar-refractivity contribution is 0.163. The Morgan fingerprint density at radius 1 is 1.42 bits per heavy atom. The van der Waals surface area contributed by atoms with Gasteiger partial charge in [-0.05, 0) is 19.1 Å². The van der Waals surface area contributed by atoms with Gasteiger partial charge in [0.25, 0.3) is 5.56 Å². The first kappa shape index (κ1) is 12.3. The van der Waals surface area contributed by atoms with E-state index in [1.807, 2.05) is 24.3 Å². The van der Waals surface area contributed by atoms with Crippen molar-refractivity contribution < 1.29 is 0 Å². The summed E-state index contributed by atoms with van der Waals surface area (Å²) < 4.78 is 0. The molecule has 0 spiro atoms. The molecule has 1 saturated heterocycles. The Kier molecular flexibility index (Phi) is 3.31. The highest BCUT2D eigenvalue weighted by molar-refractivity contribution is 5.73. The first-order chi connectivity index (χ1) is 9.24. The molecule has 3 rings (SSSR count). The number of piperazine rings is 1. The molecule has 0 radical (unpaired) electrons. The van der Waals surface area contributed by atoms with Crippen LogP contribution in [0.5, 0.6) is 0 Å². The third kappa shape index (κ3) is 2.52. The fraction of sp³-hybridized carbons (Fsp3) is 0.429. The summed E-state index contributed by atoms with van der Waals surface area (Å²) in [7, 11) is 0. The van der Waals surface area contributed by atoms with E-state index in [2.05, 4.69) is 27.1 Å². The van der Waals surface area contributed by atoms with Gasteiger partial charge in [0.1, 0.15) is 5.69 Å². The van der Waals surface area contributed by atoms with Crippen LogP contribution in [0, 0.1) is 0 Å². The molecule has 0 aliphatic carbocycles. The fourth-order valence-corrected chi connectivity index (χ4v) is 2.48. The van der Waals surface area contributed by atoms with Crippen LogP contribution < -0.4 is 10.9 Å². The normalized spacial score (nSPS) is 20.8. The topological polar surface area (TPSA) is 61.0 Å². The quantitative estimate of drug-likeness (QED) is 0.833. The summed E-state index contributed by atoms with van der Waals surface area (Å²) in [6.07, 6.45) is 0. The third-order valence-electron chi connectivity index (χ3n) is 3.66. The van der Waals surface area contributed by atoms with Crippen LogP contribution in [0.3, 0.4) is 0 Å². The first-order valence-electron chi connectivity index (χ1n) is 6.67. The zero-order chi connectivity index (χ0) is 13.2. The lowest BCUT2D eigenvalue weighted by atomic mass is 10.2. The maximum Gasteiger partial charge on any atom is 0.271 e. The summed E-state index contributed by atoms with van der Waals surface area (Å²) in [6.45, 7) is 5.67. The predicted octanol–water partition coefficient (Wildman–Crippen LogP) is 0.717. The van der Waals surface area contributed by atoms with E-state index in [1.165, 1.54) is 0 Å². The fourth-order valence-electron chi connectivity index (χ4n) is 2.48. The molecule has 1 aliphatic rings. The molecule has 2 heterocycles. The van der Waals surface area contributed by atoms with Gasteiger partial charge in [-0.2, -0.15) is 0 Å². The van der Waals surface area contributed by atoms with Crippen molar-refractivity contribution in [1.29, 1.82) is 0 Å². The first-order valence-corrected chi connectivity index (χ1v) is 6.67. The van der Waals surface area contributed by atoms with Crippen molar-refractivity contribution >= 4 is 11.0 Å². The largest absolute Gasteiger partial charge is 0.319 e. The Hall–Kier alpha value is -1.72. The average molecular weight is 258 g/mol. The van der Waals surface area contributed by atoms with Gasteiger partial charge in [0.2, 0.25) is 0 Å². The Morgan fingerprint density at radius 3 is 3.11 bits per heavy atom. The van der Waals surface area contributed by atoms with E-state index in [1.54, 1.807) is 0 Å². The highest BCUT2D eigenvalue weighted by atomic mass is 16.1. The second-order valence-electron chi connectivity index (χ2n) is 5.05. The lowest BCUT2D eigenvalue weighted by Gasteiger charge is -2.33. The van der Waals surface area contributed by atoms with E-state index in [4.69, 9.17) is 0 Å². The molecule has 0 saturated carbocycles. The van der Waals surface area contributed by atoms with Crippen LogP contribution in [0.15, 0.2) is 29.1 Å². The number of aromatic nitrogens is 2. The average Bonchev–Trinajstić information content (AvgIpc) is 2.42. The summed E-state index contributed by atoms with van der Waals surface area (Å²) >= 11 is 0. The zero-order valence-electron chi connectivity index (χ0n) is 11.0. The van der Waals surface area contributed by atoms with E-state index in [-0.39, 0.29) is 5.56 Å². The summed E-state index contributed by atoms with van der Waals surface area (Å²) in [6, 6.07) is 8.07. The van der Waals surface area contributed by atoms with Gasteiger partial charge in [-0.25, -0.2) is 4.98 Å². The highest BCUT2D eigenvalue weighted by Crippen LogP contribution is 2.09. The molecule has 1 fully saturated rings. The highest BCUT2D eigenvalue weighted by Gasteiger charge is 2.19. The van der Waals surface area contributed by atoms with Gasteiger partial charge < -0.3 is 10.3 Å². The van der Waals surface area contributed by atoms with Crippen molar-refractivity contribution in [2.45, 2.75) is 19.5 Å². The molecule has 1 aliphatic heterocycles. The van der Waals surface area contributed by atoms with Gasteiger partial charge in [-0.3, -0.25) is 9.69 Å². The van der Waals surface area contributed by atoms with Crippen molar-refractivity contribution in [1.82, 2.24) is 20.2 Å². The monoisotopic (exact) mass is 258 g/mol. The van der Waals surface area contributed by atoms with Crippen molar-refractivity contribution in [2.24, 2.45) is 0 Å². The number of hydrogen-bond acceptors (Lipinski definition) is 4. The molecular weight excluding hydrogens is 240 g/mol. The molecule has 1 aromatic carbocycles. The number of nitrogens with one attached hydrogen (secondary N) is 2. The zero-order valence-corrected chi connectivity index (χ0v) is 11.0. The molecule has 19 heavy (non-hydrogen) atoms. The van der Waals surface area contributed by atoms with Crippen LogP contribution in [0.25, 0.3) is 11.0 Å². The Labute approximate surface area is 111 Å². The number of hydrogen-bond donors (Lipinski definition) is 2. The number of rotatable bonds is 2. The minimum absolute atomic E-state index is 0.0792. The van der Waals surface area contributed by atoms with Gasteiger partial charge >= 0.3 is 0 Å². The Bertz CT molecular complexity index is 637. The molecule has 0 bridgehead atoms. The van der Waals surface area contributed by atoms with Crippen LogP contribution in [0.1, 0.15) is 12.6 Å². The molecule has 5 nitrogen and oxygen atoms in total. The maximum atomic E-state index is 12.1. The van der Waals surface area contributed by atoms with Gasteiger partial charge in [0.15, 0.2) is 0 Å². The number of nitrogens with zero attached hydrogens (tertiary/aromatic N) is 2. The molecule has 1 aromatic heterocycles.